The summed E-state index contributed by atoms with van der Waals surface area (Å²) >= 11 is 12.3. The minimum absolute atomic E-state index is 0.0552. The van der Waals surface area contributed by atoms with Crippen molar-refractivity contribution in [3.05, 3.63) is 58.1 Å². The summed E-state index contributed by atoms with van der Waals surface area (Å²) in [4.78, 5) is 14.1. The van der Waals surface area contributed by atoms with Crippen LogP contribution in [0.2, 0.25) is 10.0 Å². The molecule has 29 heavy (non-hydrogen) atoms. The van der Waals surface area contributed by atoms with Crippen LogP contribution >= 0.6 is 23.2 Å². The normalized spacial score (nSPS) is 15.1. The summed E-state index contributed by atoms with van der Waals surface area (Å²) in [5.41, 5.74) is 1.98. The number of nitrogens with zero attached hydrogens (tertiary/aromatic N) is 4. The molecule has 8 heteroatoms. The van der Waals surface area contributed by atoms with E-state index in [1.165, 1.54) is 0 Å². The van der Waals surface area contributed by atoms with Crippen LogP contribution < -0.4 is 10.2 Å². The number of halogens is 2. The van der Waals surface area contributed by atoms with Gasteiger partial charge >= 0.3 is 0 Å². The Hall–Kier alpha value is -2.12. The van der Waals surface area contributed by atoms with E-state index in [4.69, 9.17) is 38.3 Å². The maximum Gasteiger partial charge on any atom is 0.227 e. The van der Waals surface area contributed by atoms with Crippen LogP contribution in [0, 0.1) is 0 Å². The van der Waals surface area contributed by atoms with Gasteiger partial charge in [0, 0.05) is 54.7 Å². The minimum Gasteiger partial charge on any atom is -0.395 e. The molecule has 2 heterocycles. The van der Waals surface area contributed by atoms with Crippen LogP contribution in [-0.4, -0.2) is 59.3 Å². The van der Waals surface area contributed by atoms with Crippen LogP contribution in [-0.2, 0) is 6.54 Å². The second kappa shape index (κ2) is 9.13. The van der Waals surface area contributed by atoms with E-state index in [1.807, 2.05) is 36.4 Å². The number of benzene rings is 2. The zero-order chi connectivity index (χ0) is 20.2. The van der Waals surface area contributed by atoms with E-state index < -0.39 is 0 Å². The van der Waals surface area contributed by atoms with Crippen molar-refractivity contribution in [2.24, 2.45) is 0 Å². The molecular weight excluding hydrogens is 409 g/mol. The first-order valence-corrected chi connectivity index (χ1v) is 10.4. The third-order valence-corrected chi connectivity index (χ3v) is 5.65. The molecule has 0 amide bonds. The summed E-state index contributed by atoms with van der Waals surface area (Å²) in [6.07, 6.45) is 0. The second-order valence-corrected chi connectivity index (χ2v) is 7.88. The molecule has 6 nitrogen and oxygen atoms in total. The van der Waals surface area contributed by atoms with E-state index in [1.54, 1.807) is 6.07 Å². The van der Waals surface area contributed by atoms with Crippen LogP contribution in [0.25, 0.3) is 10.9 Å². The van der Waals surface area contributed by atoms with E-state index in [2.05, 4.69) is 15.1 Å². The van der Waals surface area contributed by atoms with Crippen molar-refractivity contribution in [3.63, 3.8) is 0 Å². The van der Waals surface area contributed by atoms with Crippen molar-refractivity contribution in [2.75, 3.05) is 49.5 Å². The molecule has 2 aromatic carbocycles. The predicted octanol–water partition coefficient (Wildman–Crippen LogP) is 3.66. The number of rotatable bonds is 6. The van der Waals surface area contributed by atoms with Gasteiger partial charge in [0.25, 0.3) is 0 Å². The lowest BCUT2D eigenvalue weighted by Gasteiger charge is -2.35. The van der Waals surface area contributed by atoms with Crippen LogP contribution in [0.5, 0.6) is 0 Å². The average molecular weight is 432 g/mol. The highest BCUT2D eigenvalue weighted by atomic mass is 35.5. The summed E-state index contributed by atoms with van der Waals surface area (Å²) in [5.74, 6) is 1.48. The quantitative estimate of drug-likeness (QED) is 0.620. The van der Waals surface area contributed by atoms with Crippen LogP contribution in [0.3, 0.4) is 0 Å². The fourth-order valence-electron chi connectivity index (χ4n) is 3.51. The first-order valence-electron chi connectivity index (χ1n) is 9.67. The summed E-state index contributed by atoms with van der Waals surface area (Å²) in [6, 6.07) is 13.6. The van der Waals surface area contributed by atoms with Gasteiger partial charge in [-0.05, 0) is 29.8 Å². The lowest BCUT2D eigenvalue weighted by molar-refractivity contribution is 0.249. The third-order valence-electron chi connectivity index (χ3n) is 5.06. The number of aliphatic hydroxyl groups is 1. The Kier molecular flexibility index (Phi) is 6.35. The molecule has 3 aromatic rings. The van der Waals surface area contributed by atoms with E-state index >= 15 is 0 Å². The van der Waals surface area contributed by atoms with Crippen LogP contribution in [0.15, 0.2) is 42.5 Å². The molecule has 0 unspecified atom stereocenters. The summed E-state index contributed by atoms with van der Waals surface area (Å²) in [6.45, 7) is 4.77. The minimum atomic E-state index is 0.0552. The highest BCUT2D eigenvalue weighted by molar-refractivity contribution is 6.35. The number of fused-ring (bicyclic) bond motifs is 1. The Balaban J connectivity index is 1.47. The van der Waals surface area contributed by atoms with Gasteiger partial charge in [0.15, 0.2) is 0 Å². The lowest BCUT2D eigenvalue weighted by atomic mass is 10.2. The molecule has 1 aromatic heterocycles. The molecule has 0 saturated carbocycles. The molecule has 1 aliphatic rings. The van der Waals surface area contributed by atoms with Gasteiger partial charge in [-0.1, -0.05) is 41.4 Å². The van der Waals surface area contributed by atoms with Gasteiger partial charge in [-0.2, -0.15) is 4.98 Å². The van der Waals surface area contributed by atoms with Crippen molar-refractivity contribution in [3.8, 4) is 0 Å². The molecule has 4 rings (SSSR count). The third kappa shape index (κ3) is 4.73. The molecule has 0 aliphatic carbocycles. The first-order chi connectivity index (χ1) is 14.1. The Morgan fingerprint density at radius 2 is 1.79 bits per heavy atom. The number of aliphatic hydroxyl groups excluding tert-OH is 1. The topological polar surface area (TPSA) is 64.5 Å². The van der Waals surface area contributed by atoms with E-state index in [0.717, 1.165) is 55.0 Å². The number of nitrogens with one attached hydrogen (secondary N) is 1. The van der Waals surface area contributed by atoms with Crippen LogP contribution in [0.1, 0.15) is 5.56 Å². The molecule has 2 N–H and O–H groups in total. The zero-order valence-corrected chi connectivity index (χ0v) is 17.5. The van der Waals surface area contributed by atoms with Crippen molar-refractivity contribution in [1.82, 2.24) is 14.9 Å². The highest BCUT2D eigenvalue weighted by Crippen LogP contribution is 2.25. The first kappa shape index (κ1) is 20.2. The maximum atomic E-state index is 9.16. The van der Waals surface area contributed by atoms with Gasteiger partial charge in [0.1, 0.15) is 5.82 Å². The van der Waals surface area contributed by atoms with E-state index in [0.29, 0.717) is 22.5 Å². The van der Waals surface area contributed by atoms with E-state index in [-0.39, 0.29) is 6.61 Å². The number of para-hydroxylation sites is 1. The number of hydrogen-bond acceptors (Lipinski definition) is 6. The molecule has 0 atom stereocenters. The van der Waals surface area contributed by atoms with E-state index in [9.17, 15) is 0 Å². The van der Waals surface area contributed by atoms with Crippen LogP contribution in [0.4, 0.5) is 11.8 Å². The second-order valence-electron chi connectivity index (χ2n) is 7.04. The fourth-order valence-corrected chi connectivity index (χ4v) is 3.98. The Morgan fingerprint density at radius 3 is 2.55 bits per heavy atom. The molecule has 0 spiro atoms. The van der Waals surface area contributed by atoms with Crippen molar-refractivity contribution in [2.45, 2.75) is 6.54 Å². The number of piperazine rings is 1. The SMILES string of the molecule is OCCNc1nc(N2CCN(Cc3ccc(Cl)cc3Cl)CC2)nc2ccccc12. The molecular formula is C21H23Cl2N5O. The number of anilines is 2. The number of hydrogen-bond donors (Lipinski definition) is 2. The monoisotopic (exact) mass is 431 g/mol. The highest BCUT2D eigenvalue weighted by Gasteiger charge is 2.21. The fraction of sp³-hybridized carbons (Fsp3) is 0.333. The average Bonchev–Trinajstić information content (AvgIpc) is 2.74. The lowest BCUT2D eigenvalue weighted by Crippen LogP contribution is -2.46. The molecule has 0 radical (unpaired) electrons. The van der Waals surface area contributed by atoms with Gasteiger partial charge in [0.2, 0.25) is 5.95 Å². The largest absolute Gasteiger partial charge is 0.395 e. The van der Waals surface area contributed by atoms with Gasteiger partial charge in [-0.3, -0.25) is 4.90 Å². The van der Waals surface area contributed by atoms with Gasteiger partial charge in [-0.15, -0.1) is 0 Å². The van der Waals surface area contributed by atoms with Crippen molar-refractivity contribution >= 4 is 45.9 Å². The number of aromatic nitrogens is 2. The summed E-state index contributed by atoms with van der Waals surface area (Å²) in [7, 11) is 0. The van der Waals surface area contributed by atoms with Gasteiger partial charge < -0.3 is 15.3 Å². The molecule has 1 aliphatic heterocycles. The Labute approximate surface area is 180 Å². The standard InChI is InChI=1S/C21H23Cl2N5O/c22-16-6-5-15(18(23)13-16)14-27-8-10-28(11-9-27)21-25-19-4-2-1-3-17(19)20(26-21)24-7-12-29/h1-6,13,29H,7-12,14H2,(H,24,25,26). The zero-order valence-electron chi connectivity index (χ0n) is 16.0. The Bertz CT molecular complexity index is 992. The van der Waals surface area contributed by atoms with Gasteiger partial charge in [0.05, 0.1) is 12.1 Å². The summed E-state index contributed by atoms with van der Waals surface area (Å²) < 4.78 is 0. The predicted molar refractivity (Wildman–Crippen MR) is 119 cm³/mol. The van der Waals surface area contributed by atoms with Gasteiger partial charge in [-0.25, -0.2) is 4.98 Å². The maximum absolute atomic E-state index is 9.16. The molecule has 0 bridgehead atoms. The van der Waals surface area contributed by atoms with Crippen molar-refractivity contribution < 1.29 is 5.11 Å². The summed E-state index contributed by atoms with van der Waals surface area (Å²) in [5, 5.41) is 14.7. The Morgan fingerprint density at radius 1 is 1.00 bits per heavy atom. The molecule has 152 valence electrons. The smallest absolute Gasteiger partial charge is 0.227 e. The van der Waals surface area contributed by atoms with Crippen molar-refractivity contribution in [1.29, 1.82) is 0 Å². The molecule has 1 fully saturated rings. The molecule has 1 saturated heterocycles.